The Morgan fingerprint density at radius 3 is 2.50 bits per heavy atom. The summed E-state index contributed by atoms with van der Waals surface area (Å²) >= 11 is 4.19. The van der Waals surface area contributed by atoms with Crippen LogP contribution in [0, 0.1) is 5.41 Å². The van der Waals surface area contributed by atoms with Gasteiger partial charge in [0.25, 0.3) is 5.91 Å². The lowest BCUT2D eigenvalue weighted by molar-refractivity contribution is 0.0944. The molecule has 1 fully saturated rings. The van der Waals surface area contributed by atoms with Gasteiger partial charge in [-0.15, -0.1) is 12.6 Å². The number of benzene rings is 1. The van der Waals surface area contributed by atoms with Crippen LogP contribution in [0.5, 0.6) is 0 Å². The average molecular weight is 235 g/mol. The largest absolute Gasteiger partial charge is 0.351 e. The van der Waals surface area contributed by atoms with Crippen LogP contribution >= 0.6 is 12.6 Å². The first-order valence-electron chi connectivity index (χ1n) is 5.72. The molecule has 1 saturated carbocycles. The summed E-state index contributed by atoms with van der Waals surface area (Å²) in [4.78, 5) is 12.7. The molecule has 86 valence electrons. The van der Waals surface area contributed by atoms with E-state index in [1.807, 2.05) is 24.3 Å². The highest BCUT2D eigenvalue weighted by Gasteiger charge is 2.40. The maximum absolute atomic E-state index is 11.8. The van der Waals surface area contributed by atoms with Gasteiger partial charge in [-0.05, 0) is 48.9 Å². The fourth-order valence-electron chi connectivity index (χ4n) is 1.81. The molecule has 1 aromatic rings. The molecule has 0 bridgehead atoms. The molecule has 16 heavy (non-hydrogen) atoms. The number of nitrogens with one attached hydrogen (secondary N) is 1. The summed E-state index contributed by atoms with van der Waals surface area (Å²) in [7, 11) is 0. The molecule has 1 amide bonds. The minimum atomic E-state index is 0.0214. The van der Waals surface area contributed by atoms with Gasteiger partial charge in [0.2, 0.25) is 0 Å². The monoisotopic (exact) mass is 235 g/mol. The third kappa shape index (κ3) is 2.59. The van der Waals surface area contributed by atoms with Gasteiger partial charge in [0, 0.05) is 17.0 Å². The Hall–Kier alpha value is -0.960. The second-order valence-corrected chi connectivity index (χ2v) is 5.10. The normalized spacial score (nSPS) is 16.9. The van der Waals surface area contributed by atoms with Crippen LogP contribution in [0.15, 0.2) is 29.2 Å². The first-order chi connectivity index (χ1) is 7.65. The van der Waals surface area contributed by atoms with Gasteiger partial charge in [0.15, 0.2) is 0 Å². The number of carbonyl (C=O) groups excluding carboxylic acids is 1. The molecule has 3 heteroatoms. The fraction of sp³-hybridized carbons (Fsp3) is 0.462. The van der Waals surface area contributed by atoms with Crippen LogP contribution < -0.4 is 5.32 Å². The van der Waals surface area contributed by atoms with Crippen LogP contribution in [0.2, 0.25) is 0 Å². The van der Waals surface area contributed by atoms with Gasteiger partial charge >= 0.3 is 0 Å². The zero-order valence-corrected chi connectivity index (χ0v) is 10.4. The van der Waals surface area contributed by atoms with Crippen LogP contribution in [0.1, 0.15) is 36.5 Å². The minimum Gasteiger partial charge on any atom is -0.351 e. The van der Waals surface area contributed by atoms with Gasteiger partial charge < -0.3 is 5.32 Å². The molecule has 1 aliphatic rings. The van der Waals surface area contributed by atoms with Gasteiger partial charge in [0.05, 0.1) is 0 Å². The summed E-state index contributed by atoms with van der Waals surface area (Å²) in [5.74, 6) is 0.0214. The topological polar surface area (TPSA) is 29.1 Å². The fourth-order valence-corrected chi connectivity index (χ4v) is 1.96. The van der Waals surface area contributed by atoms with Crippen molar-refractivity contribution >= 4 is 18.5 Å². The van der Waals surface area contributed by atoms with Gasteiger partial charge in [0.1, 0.15) is 0 Å². The Labute approximate surface area is 102 Å². The third-order valence-corrected chi connectivity index (χ3v) is 3.76. The Bertz CT molecular complexity index is 381. The lowest BCUT2D eigenvalue weighted by Gasteiger charge is -2.13. The highest BCUT2D eigenvalue weighted by atomic mass is 32.1. The van der Waals surface area contributed by atoms with Crippen LogP contribution in [0.25, 0.3) is 0 Å². The number of hydrogen-bond donors (Lipinski definition) is 2. The molecule has 0 saturated heterocycles. The molecule has 0 atom stereocenters. The summed E-state index contributed by atoms with van der Waals surface area (Å²) in [6.07, 6.45) is 3.65. The number of amides is 1. The van der Waals surface area contributed by atoms with Gasteiger partial charge in [-0.3, -0.25) is 4.79 Å². The van der Waals surface area contributed by atoms with Crippen molar-refractivity contribution in [2.24, 2.45) is 5.41 Å². The predicted molar refractivity (Wildman–Crippen MR) is 68.0 cm³/mol. The Kier molecular flexibility index (Phi) is 3.24. The van der Waals surface area contributed by atoms with Crippen molar-refractivity contribution in [2.75, 3.05) is 6.54 Å². The molecule has 2 nitrogen and oxygen atoms in total. The first-order valence-corrected chi connectivity index (χ1v) is 6.17. The van der Waals surface area contributed by atoms with Crippen LogP contribution in [0.3, 0.4) is 0 Å². The number of thiol groups is 1. The highest BCUT2D eigenvalue weighted by Crippen LogP contribution is 2.47. The van der Waals surface area contributed by atoms with Crippen molar-refractivity contribution in [3.63, 3.8) is 0 Å². The Morgan fingerprint density at radius 2 is 2.00 bits per heavy atom. The smallest absolute Gasteiger partial charge is 0.251 e. The second kappa shape index (κ2) is 4.50. The summed E-state index contributed by atoms with van der Waals surface area (Å²) in [5.41, 5.74) is 1.11. The van der Waals surface area contributed by atoms with E-state index in [2.05, 4.69) is 24.9 Å². The van der Waals surface area contributed by atoms with E-state index in [0.29, 0.717) is 11.0 Å². The SMILES string of the molecule is CCC1(CNC(=O)c2ccc(S)cc2)CC1. The zero-order chi connectivity index (χ0) is 11.6. The van der Waals surface area contributed by atoms with E-state index in [0.717, 1.165) is 17.9 Å². The lowest BCUT2D eigenvalue weighted by Crippen LogP contribution is -2.29. The van der Waals surface area contributed by atoms with E-state index in [1.54, 1.807) is 0 Å². The summed E-state index contributed by atoms with van der Waals surface area (Å²) < 4.78 is 0. The van der Waals surface area contributed by atoms with E-state index < -0.39 is 0 Å². The van der Waals surface area contributed by atoms with Gasteiger partial charge in [-0.25, -0.2) is 0 Å². The highest BCUT2D eigenvalue weighted by molar-refractivity contribution is 7.80. The molecule has 0 aromatic heterocycles. The molecule has 0 spiro atoms. The Balaban J connectivity index is 1.91. The van der Waals surface area contributed by atoms with Crippen molar-refractivity contribution in [1.29, 1.82) is 0 Å². The number of carbonyl (C=O) groups is 1. The van der Waals surface area contributed by atoms with Gasteiger partial charge in [-0.2, -0.15) is 0 Å². The molecule has 0 radical (unpaired) electrons. The van der Waals surface area contributed by atoms with E-state index in [-0.39, 0.29) is 5.91 Å². The second-order valence-electron chi connectivity index (χ2n) is 4.58. The van der Waals surface area contributed by atoms with E-state index in [4.69, 9.17) is 0 Å². The van der Waals surface area contributed by atoms with Crippen molar-refractivity contribution in [3.8, 4) is 0 Å². The summed E-state index contributed by atoms with van der Waals surface area (Å²) in [6, 6.07) is 7.29. The van der Waals surface area contributed by atoms with Crippen molar-refractivity contribution in [3.05, 3.63) is 29.8 Å². The number of hydrogen-bond acceptors (Lipinski definition) is 2. The molecule has 0 unspecified atom stereocenters. The maximum atomic E-state index is 11.8. The zero-order valence-electron chi connectivity index (χ0n) is 9.49. The molecule has 0 heterocycles. The maximum Gasteiger partial charge on any atom is 0.251 e. The molecular formula is C13H17NOS. The number of rotatable bonds is 4. The molecule has 1 aliphatic carbocycles. The van der Waals surface area contributed by atoms with E-state index in [1.165, 1.54) is 12.8 Å². The average Bonchev–Trinajstić information content (AvgIpc) is 3.08. The summed E-state index contributed by atoms with van der Waals surface area (Å²) in [5, 5.41) is 3.01. The van der Waals surface area contributed by atoms with Crippen LogP contribution in [-0.4, -0.2) is 12.5 Å². The molecule has 1 aromatic carbocycles. The first kappa shape index (κ1) is 11.5. The van der Waals surface area contributed by atoms with Crippen molar-refractivity contribution < 1.29 is 4.79 Å². The van der Waals surface area contributed by atoms with Gasteiger partial charge in [-0.1, -0.05) is 6.92 Å². The third-order valence-electron chi connectivity index (χ3n) is 3.46. The van der Waals surface area contributed by atoms with E-state index >= 15 is 0 Å². The molecular weight excluding hydrogens is 218 g/mol. The van der Waals surface area contributed by atoms with Crippen molar-refractivity contribution in [1.82, 2.24) is 5.32 Å². The lowest BCUT2D eigenvalue weighted by atomic mass is 10.0. The molecule has 2 rings (SSSR count). The predicted octanol–water partition coefficient (Wildman–Crippen LogP) is 2.90. The quantitative estimate of drug-likeness (QED) is 0.772. The van der Waals surface area contributed by atoms with Crippen molar-refractivity contribution in [2.45, 2.75) is 31.1 Å². The van der Waals surface area contributed by atoms with Crippen LogP contribution in [-0.2, 0) is 0 Å². The Morgan fingerprint density at radius 1 is 1.38 bits per heavy atom. The van der Waals surface area contributed by atoms with Crippen LogP contribution in [0.4, 0.5) is 0 Å². The molecule has 0 aliphatic heterocycles. The summed E-state index contributed by atoms with van der Waals surface area (Å²) in [6.45, 7) is 3.00. The standard InChI is InChI=1S/C13H17NOS/c1-2-13(7-8-13)9-14-12(15)10-3-5-11(16)6-4-10/h3-6,16H,2,7-9H2,1H3,(H,14,15). The van der Waals surface area contributed by atoms with E-state index in [9.17, 15) is 4.79 Å². The minimum absolute atomic E-state index is 0.0214. The molecule has 1 N–H and O–H groups in total.